The Hall–Kier alpha value is -2.18. The van der Waals surface area contributed by atoms with Crippen LogP contribution in [0, 0.1) is 0 Å². The zero-order chi connectivity index (χ0) is 14.7. The van der Waals surface area contributed by atoms with Crippen LogP contribution in [0.25, 0.3) is 10.9 Å². The second kappa shape index (κ2) is 5.85. The molecule has 7 heteroatoms. The molecule has 0 saturated carbocycles. The average Bonchev–Trinajstić information content (AvgIpc) is 2.44. The van der Waals surface area contributed by atoms with Crippen molar-refractivity contribution < 1.29 is 19.8 Å². The van der Waals surface area contributed by atoms with Gasteiger partial charge in [0.1, 0.15) is 5.69 Å². The van der Waals surface area contributed by atoms with Gasteiger partial charge in [-0.1, -0.05) is 29.8 Å². The molecule has 1 amide bonds. The fourth-order valence-corrected chi connectivity index (χ4v) is 1.93. The molecule has 0 spiro atoms. The van der Waals surface area contributed by atoms with Crippen molar-refractivity contribution in [2.75, 3.05) is 6.61 Å². The van der Waals surface area contributed by atoms with Gasteiger partial charge in [-0.15, -0.1) is 0 Å². The van der Waals surface area contributed by atoms with Crippen LogP contribution in [0.5, 0.6) is 0 Å². The number of rotatable bonds is 4. The van der Waals surface area contributed by atoms with Crippen molar-refractivity contribution in [3.05, 3.63) is 41.0 Å². The quantitative estimate of drug-likeness (QED) is 0.783. The second-order valence-electron chi connectivity index (χ2n) is 4.05. The van der Waals surface area contributed by atoms with Crippen molar-refractivity contribution in [2.24, 2.45) is 0 Å². The number of hydrogen-bond acceptors (Lipinski definition) is 4. The third-order valence-corrected chi connectivity index (χ3v) is 3.00. The van der Waals surface area contributed by atoms with Gasteiger partial charge in [0, 0.05) is 5.39 Å². The highest BCUT2D eigenvalue weighted by molar-refractivity contribution is 6.35. The molecule has 1 atom stereocenters. The lowest BCUT2D eigenvalue weighted by molar-refractivity contribution is -0.140. The lowest BCUT2D eigenvalue weighted by atomic mass is 10.2. The topological polar surface area (TPSA) is 99.5 Å². The van der Waals surface area contributed by atoms with Crippen LogP contribution in [0.1, 0.15) is 10.5 Å². The summed E-state index contributed by atoms with van der Waals surface area (Å²) in [5.74, 6) is -2.04. The van der Waals surface area contributed by atoms with Gasteiger partial charge in [-0.25, -0.2) is 9.78 Å². The summed E-state index contributed by atoms with van der Waals surface area (Å²) in [5, 5.41) is 20.9. The van der Waals surface area contributed by atoms with E-state index in [9.17, 15) is 9.59 Å². The molecule has 1 heterocycles. The molecule has 2 aromatic rings. The van der Waals surface area contributed by atoms with Gasteiger partial charge < -0.3 is 15.5 Å². The maximum atomic E-state index is 11.9. The number of benzene rings is 1. The van der Waals surface area contributed by atoms with Crippen molar-refractivity contribution in [3.63, 3.8) is 0 Å². The first-order valence-corrected chi connectivity index (χ1v) is 6.10. The molecule has 1 aromatic carbocycles. The molecule has 0 aliphatic rings. The number of para-hydroxylation sites is 1. The molecule has 2 rings (SSSR count). The number of carboxylic acid groups (broad SMARTS) is 1. The van der Waals surface area contributed by atoms with Crippen molar-refractivity contribution >= 4 is 34.4 Å². The molecule has 6 nitrogen and oxygen atoms in total. The second-order valence-corrected chi connectivity index (χ2v) is 4.46. The average molecular weight is 295 g/mol. The maximum Gasteiger partial charge on any atom is 0.328 e. The number of nitrogens with one attached hydrogen (secondary N) is 1. The van der Waals surface area contributed by atoms with Gasteiger partial charge in [-0.3, -0.25) is 4.79 Å². The first-order valence-electron chi connectivity index (χ1n) is 5.72. The number of nitrogens with zero attached hydrogens (tertiary/aromatic N) is 1. The number of aliphatic hydroxyl groups excluding tert-OH is 1. The summed E-state index contributed by atoms with van der Waals surface area (Å²) < 4.78 is 0. The number of aliphatic carboxylic acids is 1. The van der Waals surface area contributed by atoms with Gasteiger partial charge in [-0.05, 0) is 12.1 Å². The van der Waals surface area contributed by atoms with Crippen LogP contribution in [-0.2, 0) is 4.79 Å². The Labute approximate surface area is 119 Å². The van der Waals surface area contributed by atoms with Crippen LogP contribution in [0.2, 0.25) is 5.02 Å². The third-order valence-electron chi connectivity index (χ3n) is 2.68. The Bertz CT molecular complexity index is 674. The van der Waals surface area contributed by atoms with Crippen LogP contribution >= 0.6 is 11.6 Å². The molecule has 20 heavy (non-hydrogen) atoms. The number of carbonyl (C=O) groups excluding carboxylic acids is 1. The summed E-state index contributed by atoms with van der Waals surface area (Å²) >= 11 is 6.05. The molecule has 104 valence electrons. The van der Waals surface area contributed by atoms with E-state index in [0.717, 1.165) is 0 Å². The predicted octanol–water partition coefficient (Wildman–Crippen LogP) is 1.06. The maximum absolute atomic E-state index is 11.9. The Morgan fingerprint density at radius 1 is 1.35 bits per heavy atom. The Morgan fingerprint density at radius 3 is 2.70 bits per heavy atom. The summed E-state index contributed by atoms with van der Waals surface area (Å²) in [7, 11) is 0. The molecule has 0 fully saturated rings. The highest BCUT2D eigenvalue weighted by Crippen LogP contribution is 2.22. The molecule has 0 aliphatic heterocycles. The number of carboxylic acids is 1. The minimum atomic E-state index is -1.38. The molecule has 0 bridgehead atoms. The standard InChI is InChI=1S/C13H11ClN2O4/c14-8-5-10(12(18)16-11(6-17)13(19)20)15-9-4-2-1-3-7(8)9/h1-5,11,17H,6H2,(H,16,18)(H,19,20)/t11-/m1/s1. The Balaban J connectivity index is 2.33. The minimum absolute atomic E-state index is 0.00611. The van der Waals surface area contributed by atoms with E-state index in [1.165, 1.54) is 6.07 Å². The molecular weight excluding hydrogens is 284 g/mol. The van der Waals surface area contributed by atoms with E-state index in [1.807, 2.05) is 0 Å². The Morgan fingerprint density at radius 2 is 2.05 bits per heavy atom. The molecule has 0 unspecified atom stereocenters. The van der Waals surface area contributed by atoms with Gasteiger partial charge >= 0.3 is 5.97 Å². The third kappa shape index (κ3) is 2.87. The summed E-state index contributed by atoms with van der Waals surface area (Å²) in [6.45, 7) is -0.706. The van der Waals surface area contributed by atoms with Crippen molar-refractivity contribution in [1.82, 2.24) is 10.3 Å². The number of carbonyl (C=O) groups is 2. The number of aromatic nitrogens is 1. The highest BCUT2D eigenvalue weighted by Gasteiger charge is 2.20. The molecule has 0 saturated heterocycles. The molecule has 3 N–H and O–H groups in total. The van der Waals surface area contributed by atoms with Gasteiger partial charge in [-0.2, -0.15) is 0 Å². The smallest absolute Gasteiger partial charge is 0.328 e. The zero-order valence-corrected chi connectivity index (χ0v) is 11.0. The Kier molecular flexibility index (Phi) is 4.16. The fraction of sp³-hybridized carbons (Fsp3) is 0.154. The van der Waals surface area contributed by atoms with E-state index in [4.69, 9.17) is 21.8 Å². The predicted molar refractivity (Wildman–Crippen MR) is 72.7 cm³/mol. The van der Waals surface area contributed by atoms with E-state index in [0.29, 0.717) is 15.9 Å². The monoisotopic (exact) mass is 294 g/mol. The number of fused-ring (bicyclic) bond motifs is 1. The molecule has 1 aromatic heterocycles. The van der Waals surface area contributed by atoms with E-state index >= 15 is 0 Å². The number of halogens is 1. The summed E-state index contributed by atoms with van der Waals surface area (Å²) in [6, 6.07) is 6.98. The van der Waals surface area contributed by atoms with Crippen molar-refractivity contribution in [2.45, 2.75) is 6.04 Å². The van der Waals surface area contributed by atoms with Crippen LogP contribution < -0.4 is 5.32 Å². The first-order chi connectivity index (χ1) is 9.52. The lowest BCUT2D eigenvalue weighted by Crippen LogP contribution is -2.43. The van der Waals surface area contributed by atoms with E-state index in [1.54, 1.807) is 24.3 Å². The molecule has 0 radical (unpaired) electrons. The molecule has 0 aliphatic carbocycles. The number of aliphatic hydroxyl groups is 1. The van der Waals surface area contributed by atoms with E-state index < -0.39 is 24.5 Å². The lowest BCUT2D eigenvalue weighted by Gasteiger charge is -2.11. The van der Waals surface area contributed by atoms with Crippen LogP contribution in [0.3, 0.4) is 0 Å². The number of amides is 1. The van der Waals surface area contributed by atoms with E-state index in [-0.39, 0.29) is 5.69 Å². The number of hydrogen-bond donors (Lipinski definition) is 3. The summed E-state index contributed by atoms with van der Waals surface area (Å²) in [6.07, 6.45) is 0. The van der Waals surface area contributed by atoms with Crippen molar-refractivity contribution in [1.29, 1.82) is 0 Å². The number of pyridine rings is 1. The van der Waals surface area contributed by atoms with Gasteiger partial charge in [0.2, 0.25) is 0 Å². The van der Waals surface area contributed by atoms with Crippen LogP contribution in [0.15, 0.2) is 30.3 Å². The summed E-state index contributed by atoms with van der Waals surface area (Å²) in [5.41, 5.74) is 0.523. The highest BCUT2D eigenvalue weighted by atomic mass is 35.5. The van der Waals surface area contributed by atoms with E-state index in [2.05, 4.69) is 10.3 Å². The molecular formula is C13H11ClN2O4. The summed E-state index contributed by atoms with van der Waals surface area (Å²) in [4.78, 5) is 26.8. The van der Waals surface area contributed by atoms with Crippen LogP contribution in [-0.4, -0.2) is 39.7 Å². The largest absolute Gasteiger partial charge is 0.480 e. The van der Waals surface area contributed by atoms with Gasteiger partial charge in [0.25, 0.3) is 5.91 Å². The van der Waals surface area contributed by atoms with Gasteiger partial charge in [0.05, 0.1) is 17.1 Å². The fourth-order valence-electron chi connectivity index (χ4n) is 1.67. The van der Waals surface area contributed by atoms with Gasteiger partial charge in [0.15, 0.2) is 6.04 Å². The van der Waals surface area contributed by atoms with Crippen molar-refractivity contribution in [3.8, 4) is 0 Å². The zero-order valence-electron chi connectivity index (χ0n) is 10.2. The first kappa shape index (κ1) is 14.2. The normalized spacial score (nSPS) is 12.1. The SMILES string of the molecule is O=C(N[C@H](CO)C(=O)O)c1cc(Cl)c2ccccc2n1. The minimum Gasteiger partial charge on any atom is -0.480 e. The van der Waals surface area contributed by atoms with Crippen LogP contribution in [0.4, 0.5) is 0 Å².